The molecule has 1 aromatic rings. The Balaban J connectivity index is 2.71. The largest absolute Gasteiger partial charge is 0.481 e. The monoisotopic (exact) mass is 297 g/mol. The van der Waals surface area contributed by atoms with E-state index in [1.165, 1.54) is 0 Å². The summed E-state index contributed by atoms with van der Waals surface area (Å²) >= 11 is 6.12. The first kappa shape index (κ1) is 16.8. The highest BCUT2D eigenvalue weighted by Crippen LogP contribution is 2.26. The van der Waals surface area contributed by atoms with Crippen molar-refractivity contribution >= 4 is 17.5 Å². The van der Waals surface area contributed by atoms with Gasteiger partial charge in [0.25, 0.3) is 5.91 Å². The minimum absolute atomic E-state index is 0.101. The summed E-state index contributed by atoms with van der Waals surface area (Å²) in [6, 6.07) is 3.83. The van der Waals surface area contributed by atoms with Crippen LogP contribution in [0.15, 0.2) is 12.1 Å². The van der Waals surface area contributed by atoms with Gasteiger partial charge >= 0.3 is 0 Å². The van der Waals surface area contributed by atoms with Crippen LogP contribution in [0.1, 0.15) is 38.8 Å². The van der Waals surface area contributed by atoms with Gasteiger partial charge < -0.3 is 10.1 Å². The van der Waals surface area contributed by atoms with Crippen molar-refractivity contribution in [3.05, 3.63) is 28.3 Å². The molecular weight excluding hydrogens is 274 g/mol. The van der Waals surface area contributed by atoms with Crippen molar-refractivity contribution in [2.24, 2.45) is 5.92 Å². The zero-order valence-corrected chi connectivity index (χ0v) is 13.8. The number of amides is 1. The van der Waals surface area contributed by atoms with Gasteiger partial charge in [0.05, 0.1) is 0 Å². The van der Waals surface area contributed by atoms with Crippen molar-refractivity contribution in [1.82, 2.24) is 5.32 Å². The summed E-state index contributed by atoms with van der Waals surface area (Å²) in [6.45, 7) is 11.7. The van der Waals surface area contributed by atoms with E-state index in [4.69, 9.17) is 16.3 Å². The van der Waals surface area contributed by atoms with E-state index in [9.17, 15) is 4.79 Å². The van der Waals surface area contributed by atoms with Gasteiger partial charge in [-0.1, -0.05) is 25.4 Å². The maximum absolute atomic E-state index is 12.0. The first-order valence-electron chi connectivity index (χ1n) is 6.96. The van der Waals surface area contributed by atoms with Gasteiger partial charge in [0.15, 0.2) is 6.10 Å². The van der Waals surface area contributed by atoms with Gasteiger partial charge in [0, 0.05) is 11.1 Å². The minimum atomic E-state index is -0.531. The molecular formula is C16H24ClNO2. The lowest BCUT2D eigenvalue weighted by Gasteiger charge is -2.21. The zero-order valence-electron chi connectivity index (χ0n) is 13.1. The summed E-state index contributed by atoms with van der Waals surface area (Å²) in [4.78, 5) is 12.0. The standard InChI is InChI=1S/C16H24ClNO2/c1-9(2)12(5)18-16(19)13(6)20-14-7-10(3)15(17)11(4)8-14/h7-9,12-13H,1-6H3,(H,18,19)/t12-,13-/m0/s1. The molecule has 0 bridgehead atoms. The smallest absolute Gasteiger partial charge is 0.260 e. The summed E-state index contributed by atoms with van der Waals surface area (Å²) in [6.07, 6.45) is -0.531. The molecule has 0 aliphatic heterocycles. The maximum Gasteiger partial charge on any atom is 0.260 e. The molecule has 1 amide bonds. The first-order valence-corrected chi connectivity index (χ1v) is 7.34. The molecule has 4 heteroatoms. The molecule has 1 rings (SSSR count). The van der Waals surface area contributed by atoms with Crippen LogP contribution in [-0.4, -0.2) is 18.1 Å². The van der Waals surface area contributed by atoms with Crippen LogP contribution in [0.4, 0.5) is 0 Å². The number of aryl methyl sites for hydroxylation is 2. The van der Waals surface area contributed by atoms with Gasteiger partial charge in [-0.15, -0.1) is 0 Å². The second-order valence-electron chi connectivity index (χ2n) is 5.67. The zero-order chi connectivity index (χ0) is 15.4. The van der Waals surface area contributed by atoms with Gasteiger partial charge in [0.1, 0.15) is 5.75 Å². The predicted octanol–water partition coefficient (Wildman–Crippen LogP) is 3.88. The Bertz CT molecular complexity index is 462. The molecule has 2 atom stereocenters. The van der Waals surface area contributed by atoms with Crippen LogP contribution in [0.2, 0.25) is 5.02 Å². The molecule has 112 valence electrons. The summed E-state index contributed by atoms with van der Waals surface area (Å²) in [5.41, 5.74) is 1.90. The van der Waals surface area contributed by atoms with Gasteiger partial charge in [-0.3, -0.25) is 4.79 Å². The fourth-order valence-corrected chi connectivity index (χ4v) is 1.85. The number of carbonyl (C=O) groups is 1. The Morgan fingerprint density at radius 2 is 1.65 bits per heavy atom. The Hall–Kier alpha value is -1.22. The summed E-state index contributed by atoms with van der Waals surface area (Å²) in [7, 11) is 0. The average Bonchev–Trinajstić information content (AvgIpc) is 2.35. The van der Waals surface area contributed by atoms with Gasteiger partial charge in [0.2, 0.25) is 0 Å². The number of benzene rings is 1. The molecule has 1 aromatic carbocycles. The predicted molar refractivity (Wildman–Crippen MR) is 83.5 cm³/mol. The molecule has 3 nitrogen and oxygen atoms in total. The number of hydrogen-bond acceptors (Lipinski definition) is 2. The van der Waals surface area contributed by atoms with E-state index in [-0.39, 0.29) is 11.9 Å². The van der Waals surface area contributed by atoms with Crippen molar-refractivity contribution in [2.45, 2.75) is 53.7 Å². The number of nitrogens with one attached hydrogen (secondary N) is 1. The number of halogens is 1. The summed E-state index contributed by atoms with van der Waals surface area (Å²) in [5.74, 6) is 0.965. The maximum atomic E-state index is 12.0. The Kier molecular flexibility index (Phi) is 5.88. The quantitative estimate of drug-likeness (QED) is 0.895. The molecule has 0 saturated heterocycles. The number of ether oxygens (including phenoxy) is 1. The highest BCUT2D eigenvalue weighted by Gasteiger charge is 2.18. The molecule has 20 heavy (non-hydrogen) atoms. The van der Waals surface area contributed by atoms with Crippen LogP contribution in [0.5, 0.6) is 5.75 Å². The summed E-state index contributed by atoms with van der Waals surface area (Å²) < 4.78 is 5.70. The van der Waals surface area contributed by atoms with Crippen molar-refractivity contribution < 1.29 is 9.53 Å². The van der Waals surface area contributed by atoms with E-state index < -0.39 is 6.10 Å². The molecule has 0 aromatic heterocycles. The van der Waals surface area contributed by atoms with E-state index in [1.807, 2.05) is 32.9 Å². The van der Waals surface area contributed by atoms with Crippen molar-refractivity contribution in [3.8, 4) is 5.75 Å². The average molecular weight is 298 g/mol. The van der Waals surface area contributed by atoms with E-state index in [0.717, 1.165) is 16.1 Å². The van der Waals surface area contributed by atoms with E-state index >= 15 is 0 Å². The summed E-state index contributed by atoms with van der Waals surface area (Å²) in [5, 5.41) is 3.69. The normalized spacial score (nSPS) is 14.0. The van der Waals surface area contributed by atoms with Crippen LogP contribution in [0.25, 0.3) is 0 Å². The third kappa shape index (κ3) is 4.41. The molecule has 0 aliphatic carbocycles. The van der Waals surface area contributed by atoms with Crippen LogP contribution >= 0.6 is 11.6 Å². The third-order valence-electron chi connectivity index (χ3n) is 3.46. The fraction of sp³-hybridized carbons (Fsp3) is 0.562. The van der Waals surface area contributed by atoms with Crippen LogP contribution in [0.3, 0.4) is 0 Å². The molecule has 0 aliphatic rings. The Morgan fingerprint density at radius 1 is 1.15 bits per heavy atom. The molecule has 0 unspecified atom stereocenters. The SMILES string of the molecule is Cc1cc(O[C@@H](C)C(=O)N[C@@H](C)C(C)C)cc(C)c1Cl. The second-order valence-corrected chi connectivity index (χ2v) is 6.05. The minimum Gasteiger partial charge on any atom is -0.481 e. The van der Waals surface area contributed by atoms with Gasteiger partial charge in [-0.2, -0.15) is 0 Å². The fourth-order valence-electron chi connectivity index (χ4n) is 1.74. The van der Waals surface area contributed by atoms with Crippen LogP contribution < -0.4 is 10.1 Å². The molecule has 0 saturated carbocycles. The van der Waals surface area contributed by atoms with Gasteiger partial charge in [-0.25, -0.2) is 0 Å². The second kappa shape index (κ2) is 6.98. The number of rotatable bonds is 5. The highest BCUT2D eigenvalue weighted by molar-refractivity contribution is 6.32. The molecule has 0 fully saturated rings. The topological polar surface area (TPSA) is 38.3 Å². The lowest BCUT2D eigenvalue weighted by atomic mass is 10.1. The number of carbonyl (C=O) groups excluding carboxylic acids is 1. The highest BCUT2D eigenvalue weighted by atomic mass is 35.5. The molecule has 0 radical (unpaired) electrons. The molecule has 0 heterocycles. The van der Waals surface area contributed by atoms with Crippen LogP contribution in [0, 0.1) is 19.8 Å². The van der Waals surface area contributed by atoms with Crippen molar-refractivity contribution in [2.75, 3.05) is 0 Å². The first-order chi connectivity index (χ1) is 9.22. The van der Waals surface area contributed by atoms with E-state index in [2.05, 4.69) is 19.2 Å². The van der Waals surface area contributed by atoms with E-state index in [1.54, 1.807) is 6.92 Å². The number of hydrogen-bond donors (Lipinski definition) is 1. The van der Waals surface area contributed by atoms with Gasteiger partial charge in [-0.05, 0) is 56.9 Å². The van der Waals surface area contributed by atoms with Crippen molar-refractivity contribution in [1.29, 1.82) is 0 Å². The van der Waals surface area contributed by atoms with Crippen molar-refractivity contribution in [3.63, 3.8) is 0 Å². The molecule has 1 N–H and O–H groups in total. The Morgan fingerprint density at radius 3 is 2.10 bits per heavy atom. The lowest BCUT2D eigenvalue weighted by molar-refractivity contribution is -0.128. The molecule has 0 spiro atoms. The Labute approximate surface area is 126 Å². The van der Waals surface area contributed by atoms with E-state index in [0.29, 0.717) is 11.7 Å². The third-order valence-corrected chi connectivity index (χ3v) is 4.06. The van der Waals surface area contributed by atoms with Crippen LogP contribution in [-0.2, 0) is 4.79 Å². The lowest BCUT2D eigenvalue weighted by Crippen LogP contribution is -2.43.